The van der Waals surface area contributed by atoms with Crippen LogP contribution in [0.1, 0.15) is 6.42 Å². The van der Waals surface area contributed by atoms with Crippen LogP contribution < -0.4 is 5.32 Å². The topological polar surface area (TPSA) is 75.6 Å². The summed E-state index contributed by atoms with van der Waals surface area (Å²) in [6, 6.07) is 0. The van der Waals surface area contributed by atoms with Crippen molar-refractivity contribution in [3.05, 3.63) is 11.8 Å². The molecule has 1 heterocycles. The number of carbonyl (C=O) groups excluding carboxylic acids is 1. The maximum absolute atomic E-state index is 11.0. The first-order valence-corrected chi connectivity index (χ1v) is 3.53. The molecule has 5 nitrogen and oxygen atoms in total. The van der Waals surface area contributed by atoms with Crippen LogP contribution >= 0.6 is 0 Å². The van der Waals surface area contributed by atoms with Crippen molar-refractivity contribution >= 4 is 11.9 Å². The molecule has 1 amide bonds. The molecule has 0 saturated heterocycles. The van der Waals surface area contributed by atoms with Crippen LogP contribution in [0.3, 0.4) is 0 Å². The van der Waals surface area contributed by atoms with Gasteiger partial charge in [0.05, 0.1) is 6.61 Å². The van der Waals surface area contributed by atoms with E-state index in [2.05, 4.69) is 5.32 Å². The Balaban J connectivity index is 2.33. The van der Waals surface area contributed by atoms with E-state index < -0.39 is 11.9 Å². The van der Waals surface area contributed by atoms with Crippen molar-refractivity contribution in [1.82, 2.24) is 5.32 Å². The van der Waals surface area contributed by atoms with Crippen LogP contribution in [-0.2, 0) is 14.3 Å². The van der Waals surface area contributed by atoms with E-state index >= 15 is 0 Å². The average Bonchev–Trinajstić information content (AvgIpc) is 2.51. The van der Waals surface area contributed by atoms with E-state index in [1.165, 1.54) is 0 Å². The molecule has 0 aliphatic carbocycles. The second kappa shape index (κ2) is 3.75. The maximum atomic E-state index is 11.0. The van der Waals surface area contributed by atoms with E-state index in [9.17, 15) is 9.59 Å². The minimum absolute atomic E-state index is 0.219. The summed E-state index contributed by atoms with van der Waals surface area (Å²) >= 11 is 0. The van der Waals surface area contributed by atoms with Crippen LogP contribution in [0.15, 0.2) is 11.8 Å². The second-order valence-electron chi connectivity index (χ2n) is 2.28. The number of hydrogen-bond acceptors (Lipinski definition) is 3. The van der Waals surface area contributed by atoms with Gasteiger partial charge in [0.15, 0.2) is 5.76 Å². The van der Waals surface area contributed by atoms with Crippen molar-refractivity contribution < 1.29 is 19.4 Å². The van der Waals surface area contributed by atoms with Gasteiger partial charge in [-0.1, -0.05) is 0 Å². The molecular weight excluding hydrogens is 162 g/mol. The molecule has 12 heavy (non-hydrogen) atoms. The highest BCUT2D eigenvalue weighted by atomic mass is 16.5. The van der Waals surface area contributed by atoms with Gasteiger partial charge in [0.2, 0.25) is 0 Å². The molecule has 1 aliphatic heterocycles. The lowest BCUT2D eigenvalue weighted by Crippen LogP contribution is -2.30. The van der Waals surface area contributed by atoms with Crippen molar-refractivity contribution in [2.45, 2.75) is 6.42 Å². The first-order chi connectivity index (χ1) is 5.70. The number of carboxylic acids is 1. The van der Waals surface area contributed by atoms with Gasteiger partial charge in [-0.25, -0.2) is 0 Å². The van der Waals surface area contributed by atoms with Gasteiger partial charge in [0, 0.05) is 6.42 Å². The smallest absolute Gasteiger partial charge is 0.322 e. The van der Waals surface area contributed by atoms with Crippen molar-refractivity contribution in [2.75, 3.05) is 13.2 Å². The molecule has 0 radical (unpaired) electrons. The van der Waals surface area contributed by atoms with Crippen LogP contribution in [0, 0.1) is 0 Å². The number of ether oxygens (including phenoxy) is 1. The third-order valence-corrected chi connectivity index (χ3v) is 1.33. The Morgan fingerprint density at radius 1 is 1.67 bits per heavy atom. The fourth-order valence-electron chi connectivity index (χ4n) is 0.819. The molecule has 0 atom stereocenters. The molecule has 0 bridgehead atoms. The second-order valence-corrected chi connectivity index (χ2v) is 2.28. The zero-order valence-electron chi connectivity index (χ0n) is 6.37. The fraction of sp³-hybridized carbons (Fsp3) is 0.429. The van der Waals surface area contributed by atoms with E-state index in [-0.39, 0.29) is 12.3 Å². The monoisotopic (exact) mass is 171 g/mol. The third kappa shape index (κ3) is 2.26. The molecule has 66 valence electrons. The van der Waals surface area contributed by atoms with Crippen LogP contribution in [0.2, 0.25) is 0 Å². The predicted octanol–water partition coefficient (Wildman–Crippen LogP) is -0.509. The van der Waals surface area contributed by atoms with E-state index in [0.717, 1.165) is 0 Å². The zero-order valence-corrected chi connectivity index (χ0v) is 6.37. The minimum atomic E-state index is -1.07. The van der Waals surface area contributed by atoms with E-state index in [4.69, 9.17) is 9.84 Å². The number of nitrogens with one attached hydrogen (secondary N) is 1. The summed E-state index contributed by atoms with van der Waals surface area (Å²) < 4.78 is 4.90. The summed E-state index contributed by atoms with van der Waals surface area (Å²) in [6.07, 6.45) is 2.34. The van der Waals surface area contributed by atoms with Crippen LogP contribution in [0.5, 0.6) is 0 Å². The van der Waals surface area contributed by atoms with Crippen LogP contribution in [0.4, 0.5) is 0 Å². The van der Waals surface area contributed by atoms with Crippen LogP contribution in [0.25, 0.3) is 0 Å². The summed E-state index contributed by atoms with van der Waals surface area (Å²) in [5, 5.41) is 10.4. The minimum Gasteiger partial charge on any atom is -0.488 e. The molecule has 2 N–H and O–H groups in total. The van der Waals surface area contributed by atoms with Gasteiger partial charge in [-0.15, -0.1) is 0 Å². The van der Waals surface area contributed by atoms with Crippen molar-refractivity contribution in [1.29, 1.82) is 0 Å². The number of rotatable bonds is 3. The Bertz CT molecular complexity index is 234. The first-order valence-electron chi connectivity index (χ1n) is 3.53. The van der Waals surface area contributed by atoms with Gasteiger partial charge < -0.3 is 15.2 Å². The summed E-state index contributed by atoms with van der Waals surface area (Å²) in [6.45, 7) is 0.120. The largest absolute Gasteiger partial charge is 0.488 e. The van der Waals surface area contributed by atoms with Gasteiger partial charge in [0.25, 0.3) is 5.91 Å². The standard InChI is InChI=1S/C7H9NO4/c9-6(10)4-8-7(11)5-2-1-3-12-5/h2H,1,3-4H2,(H,8,11)(H,9,10). The van der Waals surface area contributed by atoms with E-state index in [1.807, 2.05) is 0 Å². The van der Waals surface area contributed by atoms with Gasteiger partial charge in [-0.2, -0.15) is 0 Å². The van der Waals surface area contributed by atoms with Gasteiger partial charge in [-0.3, -0.25) is 9.59 Å². The van der Waals surface area contributed by atoms with Crippen molar-refractivity contribution in [2.24, 2.45) is 0 Å². The van der Waals surface area contributed by atoms with Gasteiger partial charge in [-0.05, 0) is 6.08 Å². The highest BCUT2D eigenvalue weighted by Gasteiger charge is 2.14. The molecular formula is C7H9NO4. The number of hydrogen-bond donors (Lipinski definition) is 2. The third-order valence-electron chi connectivity index (χ3n) is 1.33. The Morgan fingerprint density at radius 2 is 2.42 bits per heavy atom. The molecule has 1 aliphatic rings. The molecule has 0 spiro atoms. The molecule has 0 aromatic heterocycles. The van der Waals surface area contributed by atoms with Crippen molar-refractivity contribution in [3.63, 3.8) is 0 Å². The normalized spacial score (nSPS) is 14.8. The molecule has 0 fully saturated rings. The zero-order chi connectivity index (χ0) is 8.97. The highest BCUT2D eigenvalue weighted by molar-refractivity contribution is 5.93. The number of carboxylic acid groups (broad SMARTS) is 1. The summed E-state index contributed by atoms with van der Waals surface area (Å²) in [4.78, 5) is 21.0. The van der Waals surface area contributed by atoms with Crippen molar-refractivity contribution in [3.8, 4) is 0 Å². The first kappa shape index (κ1) is 8.58. The number of amides is 1. The molecule has 5 heteroatoms. The highest BCUT2D eigenvalue weighted by Crippen LogP contribution is 2.07. The quantitative estimate of drug-likeness (QED) is 0.599. The molecule has 1 rings (SSSR count). The summed E-state index contributed by atoms with van der Waals surface area (Å²) in [5.74, 6) is -1.31. The average molecular weight is 171 g/mol. The maximum Gasteiger partial charge on any atom is 0.322 e. The lowest BCUT2D eigenvalue weighted by atomic mass is 10.4. The summed E-state index contributed by atoms with van der Waals surface area (Å²) in [5.41, 5.74) is 0. The van der Waals surface area contributed by atoms with Gasteiger partial charge in [0.1, 0.15) is 6.54 Å². The van der Waals surface area contributed by atoms with Gasteiger partial charge >= 0.3 is 5.97 Å². The molecule has 0 unspecified atom stereocenters. The lowest BCUT2D eigenvalue weighted by molar-refractivity contribution is -0.137. The lowest BCUT2D eigenvalue weighted by Gasteiger charge is -2.02. The summed E-state index contributed by atoms with van der Waals surface area (Å²) in [7, 11) is 0. The molecule has 0 aromatic rings. The number of carbonyl (C=O) groups is 2. The Morgan fingerprint density at radius 3 is 2.92 bits per heavy atom. The van der Waals surface area contributed by atoms with E-state index in [1.54, 1.807) is 6.08 Å². The SMILES string of the molecule is O=C(O)CNC(=O)C1=CCCO1. The fourth-order valence-corrected chi connectivity index (χ4v) is 0.819. The number of aliphatic carboxylic acids is 1. The van der Waals surface area contributed by atoms with Crippen LogP contribution in [-0.4, -0.2) is 30.1 Å². The predicted molar refractivity (Wildman–Crippen MR) is 39.3 cm³/mol. The Hall–Kier alpha value is -1.52. The molecule has 0 aromatic carbocycles. The Labute approximate surface area is 69.0 Å². The molecule has 0 saturated carbocycles. The Kier molecular flexibility index (Phi) is 2.68. The van der Waals surface area contributed by atoms with E-state index in [0.29, 0.717) is 13.0 Å².